The van der Waals surface area contributed by atoms with Gasteiger partial charge in [0.2, 0.25) is 5.91 Å². The van der Waals surface area contributed by atoms with Crippen molar-refractivity contribution in [2.24, 2.45) is 11.7 Å². The number of rotatable bonds is 4. The molecule has 1 amide bonds. The first-order chi connectivity index (χ1) is 9.60. The Morgan fingerprint density at radius 2 is 2.10 bits per heavy atom. The minimum absolute atomic E-state index is 0.236. The smallest absolute Gasteiger partial charge is 0.222 e. The lowest BCUT2D eigenvalue weighted by Gasteiger charge is -2.35. The molecule has 0 radical (unpaired) electrons. The summed E-state index contributed by atoms with van der Waals surface area (Å²) in [5.41, 5.74) is 7.15. The molecule has 4 heteroatoms. The van der Waals surface area contributed by atoms with E-state index in [0.29, 0.717) is 12.3 Å². The molecule has 2 rings (SSSR count). The maximum absolute atomic E-state index is 12.2. The van der Waals surface area contributed by atoms with Crippen LogP contribution in [0.5, 0.6) is 5.75 Å². The Balaban J connectivity index is 1.82. The van der Waals surface area contributed by atoms with Crippen molar-refractivity contribution >= 4 is 5.91 Å². The van der Waals surface area contributed by atoms with Gasteiger partial charge in [-0.1, -0.05) is 19.1 Å². The van der Waals surface area contributed by atoms with Crippen molar-refractivity contribution in [3.63, 3.8) is 0 Å². The Kier molecular flexibility index (Phi) is 5.01. The van der Waals surface area contributed by atoms with Gasteiger partial charge in [0.05, 0.1) is 7.11 Å². The van der Waals surface area contributed by atoms with Crippen LogP contribution in [-0.4, -0.2) is 37.0 Å². The summed E-state index contributed by atoms with van der Waals surface area (Å²) in [6.45, 7) is 3.71. The van der Waals surface area contributed by atoms with Crippen LogP contribution in [0.2, 0.25) is 0 Å². The Bertz CT molecular complexity index is 444. The summed E-state index contributed by atoms with van der Waals surface area (Å²) in [7, 11) is 1.65. The number of likely N-dealkylation sites (tertiary alicyclic amines) is 1. The van der Waals surface area contributed by atoms with Gasteiger partial charge in [0.15, 0.2) is 0 Å². The molecule has 0 aromatic heterocycles. The highest BCUT2D eigenvalue weighted by Gasteiger charge is 2.25. The predicted octanol–water partition coefficient (Wildman–Crippen LogP) is 1.82. The van der Waals surface area contributed by atoms with Crippen molar-refractivity contribution in [1.29, 1.82) is 0 Å². The van der Waals surface area contributed by atoms with Crippen molar-refractivity contribution in [1.82, 2.24) is 4.90 Å². The summed E-state index contributed by atoms with van der Waals surface area (Å²) in [5, 5.41) is 0. The third kappa shape index (κ3) is 3.73. The number of ether oxygens (including phenoxy) is 1. The van der Waals surface area contributed by atoms with E-state index in [1.165, 1.54) is 5.56 Å². The largest absolute Gasteiger partial charge is 0.497 e. The van der Waals surface area contributed by atoms with Crippen LogP contribution >= 0.6 is 0 Å². The minimum atomic E-state index is 0.236. The molecule has 4 nitrogen and oxygen atoms in total. The summed E-state index contributed by atoms with van der Waals surface area (Å²) in [6, 6.07) is 8.13. The topological polar surface area (TPSA) is 55.6 Å². The number of hydrogen-bond acceptors (Lipinski definition) is 3. The van der Waals surface area contributed by atoms with Crippen LogP contribution in [0, 0.1) is 5.92 Å². The molecule has 2 atom stereocenters. The quantitative estimate of drug-likeness (QED) is 0.912. The molecule has 1 aliphatic rings. The van der Waals surface area contributed by atoms with E-state index in [0.717, 1.165) is 31.7 Å². The van der Waals surface area contributed by atoms with E-state index in [9.17, 15) is 4.79 Å². The van der Waals surface area contributed by atoms with Gasteiger partial charge in [-0.3, -0.25) is 4.79 Å². The van der Waals surface area contributed by atoms with Crippen molar-refractivity contribution < 1.29 is 9.53 Å². The van der Waals surface area contributed by atoms with Crippen LogP contribution in [0.15, 0.2) is 24.3 Å². The molecule has 1 fully saturated rings. The van der Waals surface area contributed by atoms with E-state index in [1.54, 1.807) is 7.11 Å². The van der Waals surface area contributed by atoms with Crippen LogP contribution < -0.4 is 10.5 Å². The van der Waals surface area contributed by atoms with Gasteiger partial charge < -0.3 is 15.4 Å². The molecule has 0 spiro atoms. The van der Waals surface area contributed by atoms with Crippen molar-refractivity contribution in [2.75, 3.05) is 20.2 Å². The average molecular weight is 276 g/mol. The minimum Gasteiger partial charge on any atom is -0.497 e. The van der Waals surface area contributed by atoms with Crippen LogP contribution in [0.25, 0.3) is 0 Å². The number of nitrogens with two attached hydrogens (primary N) is 1. The molecule has 1 aromatic rings. The highest BCUT2D eigenvalue weighted by molar-refractivity contribution is 5.76. The van der Waals surface area contributed by atoms with Crippen LogP contribution in [0.3, 0.4) is 0 Å². The van der Waals surface area contributed by atoms with E-state index >= 15 is 0 Å². The predicted molar refractivity (Wildman–Crippen MR) is 79.7 cm³/mol. The fraction of sp³-hybridized carbons (Fsp3) is 0.562. The normalized spacial score (nSPS) is 22.6. The zero-order chi connectivity index (χ0) is 14.5. The first-order valence-electron chi connectivity index (χ1n) is 7.26. The molecule has 1 heterocycles. The van der Waals surface area contributed by atoms with Crippen molar-refractivity contribution in [3.8, 4) is 5.75 Å². The van der Waals surface area contributed by atoms with E-state index in [2.05, 4.69) is 6.92 Å². The molecule has 0 bridgehead atoms. The molecule has 0 saturated carbocycles. The Hall–Kier alpha value is -1.55. The summed E-state index contributed by atoms with van der Waals surface area (Å²) in [4.78, 5) is 14.2. The monoisotopic (exact) mass is 276 g/mol. The second kappa shape index (κ2) is 6.75. The second-order valence-electron chi connectivity index (χ2n) is 5.62. The van der Waals surface area contributed by atoms with E-state index < -0.39 is 0 Å². The number of amides is 1. The van der Waals surface area contributed by atoms with Gasteiger partial charge in [-0.15, -0.1) is 0 Å². The lowest BCUT2D eigenvalue weighted by molar-refractivity contribution is -0.133. The highest BCUT2D eigenvalue weighted by atomic mass is 16.5. The highest BCUT2D eigenvalue weighted by Crippen LogP contribution is 2.17. The van der Waals surface area contributed by atoms with Crippen LogP contribution in [0.4, 0.5) is 0 Å². The van der Waals surface area contributed by atoms with Crippen LogP contribution in [-0.2, 0) is 11.2 Å². The molecule has 20 heavy (non-hydrogen) atoms. The summed E-state index contributed by atoms with van der Waals surface area (Å²) < 4.78 is 5.12. The average Bonchev–Trinajstić information content (AvgIpc) is 2.48. The molecule has 2 N–H and O–H groups in total. The Labute approximate surface area is 120 Å². The summed E-state index contributed by atoms with van der Waals surface area (Å²) >= 11 is 0. The number of nitrogens with zero attached hydrogens (tertiary/aromatic N) is 1. The number of benzene rings is 1. The van der Waals surface area contributed by atoms with E-state index in [-0.39, 0.29) is 11.9 Å². The Morgan fingerprint density at radius 1 is 1.40 bits per heavy atom. The molecule has 2 unspecified atom stereocenters. The number of carbonyl (C=O) groups excluding carboxylic acids is 1. The number of methoxy groups -OCH3 is 1. The Morgan fingerprint density at radius 3 is 2.70 bits per heavy atom. The van der Waals surface area contributed by atoms with Crippen molar-refractivity contribution in [3.05, 3.63) is 29.8 Å². The first-order valence-corrected chi connectivity index (χ1v) is 7.26. The van der Waals surface area contributed by atoms with E-state index in [4.69, 9.17) is 10.5 Å². The lowest BCUT2D eigenvalue weighted by atomic mass is 9.94. The number of carbonyl (C=O) groups is 1. The molecule has 1 saturated heterocycles. The fourth-order valence-corrected chi connectivity index (χ4v) is 2.59. The van der Waals surface area contributed by atoms with Gasteiger partial charge in [-0.05, 0) is 36.5 Å². The first kappa shape index (κ1) is 14.9. The van der Waals surface area contributed by atoms with Crippen molar-refractivity contribution in [2.45, 2.75) is 32.2 Å². The molecule has 1 aliphatic heterocycles. The molecular formula is C16H24N2O2. The van der Waals surface area contributed by atoms with Gasteiger partial charge in [-0.2, -0.15) is 0 Å². The van der Waals surface area contributed by atoms with Gasteiger partial charge in [-0.25, -0.2) is 0 Å². The summed E-state index contributed by atoms with van der Waals surface area (Å²) in [6.07, 6.45) is 2.25. The van der Waals surface area contributed by atoms with Gasteiger partial charge in [0.1, 0.15) is 5.75 Å². The molecule has 1 aromatic carbocycles. The maximum Gasteiger partial charge on any atom is 0.222 e. The fourth-order valence-electron chi connectivity index (χ4n) is 2.59. The van der Waals surface area contributed by atoms with Gasteiger partial charge >= 0.3 is 0 Å². The maximum atomic E-state index is 12.2. The zero-order valence-corrected chi connectivity index (χ0v) is 12.3. The van der Waals surface area contributed by atoms with E-state index in [1.807, 2.05) is 29.2 Å². The number of hydrogen-bond donors (Lipinski definition) is 1. The second-order valence-corrected chi connectivity index (χ2v) is 5.62. The SMILES string of the molecule is COc1ccc(CCC(=O)N2CCC(N)C(C)C2)cc1. The zero-order valence-electron chi connectivity index (χ0n) is 12.3. The molecule has 0 aliphatic carbocycles. The third-order valence-electron chi connectivity index (χ3n) is 4.11. The third-order valence-corrected chi connectivity index (χ3v) is 4.11. The number of aryl methyl sites for hydroxylation is 1. The summed E-state index contributed by atoms with van der Waals surface area (Å²) in [5.74, 6) is 1.48. The molecule has 110 valence electrons. The van der Waals surface area contributed by atoms with Gasteiger partial charge in [0, 0.05) is 25.6 Å². The standard InChI is InChI=1S/C16H24N2O2/c1-12-11-18(10-9-15(12)17)16(19)8-5-13-3-6-14(20-2)7-4-13/h3-4,6-7,12,15H,5,8-11,17H2,1-2H3. The molecular weight excluding hydrogens is 252 g/mol. The van der Waals surface area contributed by atoms with Gasteiger partial charge in [0.25, 0.3) is 0 Å². The van der Waals surface area contributed by atoms with Crippen LogP contribution in [0.1, 0.15) is 25.3 Å². The number of piperidine rings is 1. The lowest BCUT2D eigenvalue weighted by Crippen LogP contribution is -2.48.